The minimum atomic E-state index is -1.02. The van der Waals surface area contributed by atoms with E-state index in [-0.39, 0.29) is 5.50 Å². The first-order valence-corrected chi connectivity index (χ1v) is 9.88. The third kappa shape index (κ3) is 4.52. The molecule has 0 aromatic heterocycles. The summed E-state index contributed by atoms with van der Waals surface area (Å²) in [5.41, 5.74) is 0.974. The summed E-state index contributed by atoms with van der Waals surface area (Å²) < 4.78 is 23.8. The minimum Gasteiger partial charge on any atom is -0.609 e. The molecule has 2 aliphatic rings. The van der Waals surface area contributed by atoms with Crippen molar-refractivity contribution in [2.24, 2.45) is 0 Å². The standard InChI is InChI=1S/C18H26N2O3S/c1-2-3-10-23-16-6-4-15(5-7-16)13-17-14-19-18(24(17)21)20-8-11-22-12-9-20/h4-7,13,18-19H,2-3,8-12,14H2,1H3/b17-13-. The smallest absolute Gasteiger partial charge is 0.230 e. The SMILES string of the molecule is CCCCOc1ccc(/C=C2/CNC(N3CCOCC3)[S+]2[O-])cc1. The summed E-state index contributed by atoms with van der Waals surface area (Å²) in [6, 6.07) is 8.00. The second-order valence-electron chi connectivity index (χ2n) is 6.06. The molecule has 24 heavy (non-hydrogen) atoms. The van der Waals surface area contributed by atoms with E-state index >= 15 is 0 Å². The molecule has 1 aromatic rings. The van der Waals surface area contributed by atoms with Crippen molar-refractivity contribution in [2.45, 2.75) is 25.3 Å². The molecule has 2 unspecified atom stereocenters. The largest absolute Gasteiger partial charge is 0.609 e. The fourth-order valence-electron chi connectivity index (χ4n) is 2.84. The third-order valence-electron chi connectivity index (χ3n) is 4.26. The Labute approximate surface area is 147 Å². The number of nitrogens with zero attached hydrogens (tertiary/aromatic N) is 1. The first kappa shape index (κ1) is 17.8. The van der Waals surface area contributed by atoms with Crippen molar-refractivity contribution in [2.75, 3.05) is 39.5 Å². The lowest BCUT2D eigenvalue weighted by molar-refractivity contribution is 0.0276. The summed E-state index contributed by atoms with van der Waals surface area (Å²) in [6.45, 7) is 6.68. The number of hydrogen-bond donors (Lipinski definition) is 1. The van der Waals surface area contributed by atoms with Gasteiger partial charge < -0.3 is 14.0 Å². The van der Waals surface area contributed by atoms with Crippen LogP contribution in [-0.2, 0) is 15.9 Å². The molecular weight excluding hydrogens is 324 g/mol. The molecule has 1 N–H and O–H groups in total. The van der Waals surface area contributed by atoms with Crippen LogP contribution >= 0.6 is 0 Å². The molecule has 0 aliphatic carbocycles. The van der Waals surface area contributed by atoms with Crippen LogP contribution in [0.25, 0.3) is 6.08 Å². The fraction of sp³-hybridized carbons (Fsp3) is 0.556. The molecule has 0 spiro atoms. The quantitative estimate of drug-likeness (QED) is 0.629. The number of morpholine rings is 1. The summed E-state index contributed by atoms with van der Waals surface area (Å²) in [6.07, 6.45) is 4.23. The van der Waals surface area contributed by atoms with Crippen molar-refractivity contribution in [1.29, 1.82) is 0 Å². The van der Waals surface area contributed by atoms with E-state index in [1.54, 1.807) is 0 Å². The monoisotopic (exact) mass is 350 g/mol. The lowest BCUT2D eigenvalue weighted by atomic mass is 10.2. The van der Waals surface area contributed by atoms with Gasteiger partial charge in [0, 0.05) is 24.3 Å². The van der Waals surface area contributed by atoms with E-state index in [4.69, 9.17) is 9.47 Å². The van der Waals surface area contributed by atoms with Gasteiger partial charge in [-0.2, -0.15) is 0 Å². The zero-order valence-corrected chi connectivity index (χ0v) is 15.0. The van der Waals surface area contributed by atoms with E-state index in [0.29, 0.717) is 19.8 Å². The highest BCUT2D eigenvalue weighted by molar-refractivity contribution is 7.96. The molecule has 2 saturated heterocycles. The summed E-state index contributed by atoms with van der Waals surface area (Å²) in [5, 5.41) is 3.37. The van der Waals surface area contributed by atoms with Gasteiger partial charge in [-0.15, -0.1) is 0 Å². The van der Waals surface area contributed by atoms with Crippen molar-refractivity contribution in [3.63, 3.8) is 0 Å². The molecule has 0 amide bonds. The maximum Gasteiger partial charge on any atom is 0.230 e. The molecule has 0 radical (unpaired) electrons. The highest BCUT2D eigenvalue weighted by Crippen LogP contribution is 2.25. The van der Waals surface area contributed by atoms with Crippen LogP contribution in [-0.4, -0.2) is 54.4 Å². The number of benzene rings is 1. The molecule has 1 aromatic carbocycles. The summed E-state index contributed by atoms with van der Waals surface area (Å²) >= 11 is -1.02. The van der Waals surface area contributed by atoms with Crippen LogP contribution in [0.5, 0.6) is 5.75 Å². The zero-order chi connectivity index (χ0) is 16.8. The Morgan fingerprint density at radius 3 is 2.79 bits per heavy atom. The molecule has 2 heterocycles. The summed E-state index contributed by atoms with van der Waals surface area (Å²) in [5.74, 6) is 0.891. The van der Waals surface area contributed by atoms with Gasteiger partial charge in [-0.05, 0) is 30.2 Å². The Morgan fingerprint density at radius 1 is 1.33 bits per heavy atom. The fourth-order valence-corrected chi connectivity index (χ4v) is 4.33. The Bertz CT molecular complexity index is 544. The first-order chi connectivity index (χ1) is 11.8. The molecule has 0 saturated carbocycles. The number of nitrogens with one attached hydrogen (secondary N) is 1. The van der Waals surface area contributed by atoms with Crippen LogP contribution in [0.15, 0.2) is 29.2 Å². The van der Waals surface area contributed by atoms with Gasteiger partial charge in [-0.3, -0.25) is 5.32 Å². The van der Waals surface area contributed by atoms with Gasteiger partial charge >= 0.3 is 0 Å². The number of rotatable bonds is 6. The maximum absolute atomic E-state index is 12.7. The molecule has 3 rings (SSSR count). The summed E-state index contributed by atoms with van der Waals surface area (Å²) in [4.78, 5) is 3.16. The van der Waals surface area contributed by atoms with Crippen LogP contribution in [0, 0.1) is 0 Å². The molecule has 2 fully saturated rings. The van der Waals surface area contributed by atoms with Gasteiger partial charge in [-0.25, -0.2) is 4.90 Å². The maximum atomic E-state index is 12.7. The van der Waals surface area contributed by atoms with E-state index in [2.05, 4.69) is 17.1 Å². The molecule has 2 atom stereocenters. The highest BCUT2D eigenvalue weighted by atomic mass is 32.2. The molecule has 2 aliphatic heterocycles. The predicted octanol–water partition coefficient (Wildman–Crippen LogP) is 2.17. The van der Waals surface area contributed by atoms with Crippen molar-refractivity contribution in [3.8, 4) is 5.75 Å². The van der Waals surface area contributed by atoms with Crippen LogP contribution in [0.3, 0.4) is 0 Å². The van der Waals surface area contributed by atoms with Crippen LogP contribution in [0.1, 0.15) is 25.3 Å². The Balaban J connectivity index is 1.59. The zero-order valence-electron chi connectivity index (χ0n) is 14.2. The van der Waals surface area contributed by atoms with Gasteiger partial charge in [0.05, 0.1) is 26.4 Å². The van der Waals surface area contributed by atoms with Crippen molar-refractivity contribution in [1.82, 2.24) is 10.2 Å². The number of ether oxygens (including phenoxy) is 2. The van der Waals surface area contributed by atoms with Gasteiger partial charge in [0.25, 0.3) is 0 Å². The van der Waals surface area contributed by atoms with Crippen LogP contribution in [0.4, 0.5) is 0 Å². The lowest BCUT2D eigenvalue weighted by Crippen LogP contribution is -2.50. The van der Waals surface area contributed by atoms with Crippen molar-refractivity contribution >= 4 is 17.3 Å². The van der Waals surface area contributed by atoms with Crippen molar-refractivity contribution in [3.05, 3.63) is 34.7 Å². The van der Waals surface area contributed by atoms with Crippen LogP contribution in [0.2, 0.25) is 0 Å². The highest BCUT2D eigenvalue weighted by Gasteiger charge is 2.39. The van der Waals surface area contributed by atoms with E-state index < -0.39 is 11.2 Å². The molecule has 132 valence electrons. The first-order valence-electron chi connectivity index (χ1n) is 8.67. The second kappa shape index (κ2) is 8.87. The van der Waals surface area contributed by atoms with E-state index in [0.717, 1.165) is 48.8 Å². The average Bonchev–Trinajstić information content (AvgIpc) is 2.98. The molecule has 6 heteroatoms. The molecule has 0 bridgehead atoms. The van der Waals surface area contributed by atoms with Gasteiger partial charge in [0.15, 0.2) is 0 Å². The van der Waals surface area contributed by atoms with E-state index in [9.17, 15) is 4.55 Å². The second-order valence-corrected chi connectivity index (χ2v) is 7.63. The topological polar surface area (TPSA) is 56.8 Å². The Morgan fingerprint density at radius 2 is 2.08 bits per heavy atom. The Hall–Kier alpha value is -1.05. The van der Waals surface area contributed by atoms with E-state index in [1.807, 2.05) is 30.3 Å². The number of hydrogen-bond acceptors (Lipinski definition) is 5. The number of unbranched alkanes of at least 4 members (excludes halogenated alkanes) is 1. The van der Waals surface area contributed by atoms with Gasteiger partial charge in [0.1, 0.15) is 10.7 Å². The van der Waals surface area contributed by atoms with Crippen LogP contribution < -0.4 is 10.1 Å². The third-order valence-corrected chi connectivity index (χ3v) is 5.91. The van der Waals surface area contributed by atoms with Gasteiger partial charge in [0.2, 0.25) is 5.50 Å². The average molecular weight is 350 g/mol. The Kier molecular flexibility index (Phi) is 6.57. The molecule has 5 nitrogen and oxygen atoms in total. The predicted molar refractivity (Wildman–Crippen MR) is 97.1 cm³/mol. The van der Waals surface area contributed by atoms with Gasteiger partial charge in [-0.1, -0.05) is 25.5 Å². The molecular formula is C18H26N2O3S. The minimum absolute atomic E-state index is 0.0863. The van der Waals surface area contributed by atoms with E-state index in [1.165, 1.54) is 0 Å². The lowest BCUT2D eigenvalue weighted by Gasteiger charge is -2.30. The summed E-state index contributed by atoms with van der Waals surface area (Å²) in [7, 11) is 0. The van der Waals surface area contributed by atoms with Crippen molar-refractivity contribution < 1.29 is 14.0 Å². The normalized spacial score (nSPS) is 26.8.